The van der Waals surface area contributed by atoms with Gasteiger partial charge in [0.15, 0.2) is 0 Å². The minimum atomic E-state index is -0.324. The third-order valence-corrected chi connectivity index (χ3v) is 4.14. The number of anilines is 2. The van der Waals surface area contributed by atoms with Gasteiger partial charge in [0.25, 0.3) is 5.91 Å². The van der Waals surface area contributed by atoms with E-state index in [4.69, 9.17) is 9.47 Å². The Kier molecular flexibility index (Phi) is 6.63. The van der Waals surface area contributed by atoms with E-state index in [0.717, 1.165) is 11.3 Å². The average Bonchev–Trinajstić information content (AvgIpc) is 2.74. The minimum absolute atomic E-state index is 0.279. The highest BCUT2D eigenvalue weighted by Crippen LogP contribution is 2.24. The van der Waals surface area contributed by atoms with Crippen molar-refractivity contribution in [2.24, 2.45) is 0 Å². The van der Waals surface area contributed by atoms with Gasteiger partial charge in [-0.25, -0.2) is 9.97 Å². The van der Waals surface area contributed by atoms with E-state index in [2.05, 4.69) is 20.6 Å². The number of methoxy groups -OCH3 is 1. The number of amides is 1. The van der Waals surface area contributed by atoms with E-state index in [0.29, 0.717) is 36.2 Å². The van der Waals surface area contributed by atoms with Crippen molar-refractivity contribution in [3.8, 4) is 11.5 Å². The molecule has 0 unspecified atom stereocenters. The second-order valence-electron chi connectivity index (χ2n) is 6.27. The number of hydrogen-bond acceptors (Lipinski definition) is 6. The number of ether oxygens (including phenoxy) is 2. The maximum atomic E-state index is 12.7. The van der Waals surface area contributed by atoms with Crippen molar-refractivity contribution in [1.29, 1.82) is 0 Å². The molecule has 0 saturated heterocycles. The summed E-state index contributed by atoms with van der Waals surface area (Å²) in [6, 6.07) is 16.7. The zero-order valence-electron chi connectivity index (χ0n) is 16.7. The maximum Gasteiger partial charge on any atom is 0.274 e. The summed E-state index contributed by atoms with van der Waals surface area (Å²) in [5.41, 5.74) is 1.95. The number of aromatic nitrogens is 2. The monoisotopic (exact) mass is 392 g/mol. The fourth-order valence-electron chi connectivity index (χ4n) is 2.75. The van der Waals surface area contributed by atoms with E-state index in [-0.39, 0.29) is 11.6 Å². The molecule has 1 aromatic heterocycles. The van der Waals surface area contributed by atoms with Gasteiger partial charge in [0.1, 0.15) is 28.8 Å². The van der Waals surface area contributed by atoms with Crippen LogP contribution in [0.1, 0.15) is 28.8 Å². The number of rotatable bonds is 8. The fraction of sp³-hybridized carbons (Fsp3) is 0.227. The van der Waals surface area contributed by atoms with Crippen LogP contribution in [-0.4, -0.2) is 29.6 Å². The van der Waals surface area contributed by atoms with E-state index in [1.807, 2.05) is 49.4 Å². The molecule has 0 fully saturated rings. The average molecular weight is 392 g/mol. The molecule has 29 heavy (non-hydrogen) atoms. The Hall–Kier alpha value is -3.61. The third-order valence-electron chi connectivity index (χ3n) is 4.14. The summed E-state index contributed by atoms with van der Waals surface area (Å²) in [6.07, 6.45) is 0. The number of hydrogen-bond donors (Lipinski definition) is 2. The van der Waals surface area contributed by atoms with Gasteiger partial charge in [-0.2, -0.15) is 0 Å². The third kappa shape index (κ3) is 5.44. The van der Waals surface area contributed by atoms with Gasteiger partial charge in [-0.3, -0.25) is 4.79 Å². The summed E-state index contributed by atoms with van der Waals surface area (Å²) < 4.78 is 10.7. The molecule has 0 aliphatic rings. The predicted octanol–water partition coefficient (Wildman–Crippen LogP) is 4.06. The fourth-order valence-corrected chi connectivity index (χ4v) is 2.75. The second kappa shape index (κ2) is 9.54. The molecule has 0 aliphatic heterocycles. The van der Waals surface area contributed by atoms with E-state index in [1.165, 1.54) is 0 Å². The summed E-state index contributed by atoms with van der Waals surface area (Å²) >= 11 is 0. The Morgan fingerprint density at radius 3 is 2.55 bits per heavy atom. The largest absolute Gasteiger partial charge is 0.497 e. The molecule has 2 N–H and O–H groups in total. The Balaban J connectivity index is 1.71. The molecular formula is C22H24N4O3. The van der Waals surface area contributed by atoms with Gasteiger partial charge in [-0.1, -0.05) is 24.3 Å². The normalized spacial score (nSPS) is 10.3. The lowest BCUT2D eigenvalue weighted by Gasteiger charge is -2.12. The maximum absolute atomic E-state index is 12.7. The Bertz CT molecular complexity index is 974. The number of para-hydroxylation sites is 2. The van der Waals surface area contributed by atoms with Crippen LogP contribution in [0, 0.1) is 6.92 Å². The number of nitrogens with one attached hydrogen (secondary N) is 2. The standard InChI is InChI=1S/C22H24N4O3/c1-4-29-20-8-6-5-7-18(20)26-22(27)19-13-21(25-15(2)24-19)23-14-16-9-11-17(28-3)12-10-16/h5-13H,4,14H2,1-3H3,(H,26,27)(H,23,24,25). The van der Waals surface area contributed by atoms with Crippen LogP contribution in [0.2, 0.25) is 0 Å². The van der Waals surface area contributed by atoms with E-state index in [9.17, 15) is 4.79 Å². The predicted molar refractivity (Wildman–Crippen MR) is 113 cm³/mol. The molecule has 0 saturated carbocycles. The smallest absolute Gasteiger partial charge is 0.274 e. The number of aryl methyl sites for hydroxylation is 1. The van der Waals surface area contributed by atoms with E-state index < -0.39 is 0 Å². The molecule has 0 atom stereocenters. The molecule has 2 aromatic carbocycles. The van der Waals surface area contributed by atoms with Gasteiger partial charge < -0.3 is 20.1 Å². The lowest BCUT2D eigenvalue weighted by molar-refractivity contribution is 0.102. The van der Waals surface area contributed by atoms with Gasteiger partial charge >= 0.3 is 0 Å². The molecule has 7 nitrogen and oxygen atoms in total. The van der Waals surface area contributed by atoms with Gasteiger partial charge in [-0.05, 0) is 43.7 Å². The first kappa shape index (κ1) is 20.1. The number of carbonyl (C=O) groups excluding carboxylic acids is 1. The summed E-state index contributed by atoms with van der Waals surface area (Å²) in [5.74, 6) is 2.18. The first-order chi connectivity index (χ1) is 14.1. The molecule has 0 aliphatic carbocycles. The number of benzene rings is 2. The Morgan fingerprint density at radius 2 is 1.83 bits per heavy atom. The van der Waals surface area contributed by atoms with Crippen molar-refractivity contribution in [1.82, 2.24) is 9.97 Å². The highest BCUT2D eigenvalue weighted by atomic mass is 16.5. The van der Waals surface area contributed by atoms with Crippen LogP contribution in [0.15, 0.2) is 54.6 Å². The minimum Gasteiger partial charge on any atom is -0.497 e. The van der Waals surface area contributed by atoms with Gasteiger partial charge in [-0.15, -0.1) is 0 Å². The summed E-state index contributed by atoms with van der Waals surface area (Å²) in [5, 5.41) is 6.09. The molecular weight excluding hydrogens is 368 g/mol. The summed E-state index contributed by atoms with van der Waals surface area (Å²) in [4.78, 5) is 21.4. The lowest BCUT2D eigenvalue weighted by Crippen LogP contribution is -2.16. The highest BCUT2D eigenvalue weighted by Gasteiger charge is 2.13. The quantitative estimate of drug-likeness (QED) is 0.601. The van der Waals surface area contributed by atoms with Crippen molar-refractivity contribution < 1.29 is 14.3 Å². The van der Waals surface area contributed by atoms with Crippen LogP contribution in [0.25, 0.3) is 0 Å². The van der Waals surface area contributed by atoms with Gasteiger partial charge in [0.2, 0.25) is 0 Å². The first-order valence-electron chi connectivity index (χ1n) is 9.34. The molecule has 1 heterocycles. The Labute approximate surface area is 170 Å². The molecule has 3 aromatic rings. The first-order valence-corrected chi connectivity index (χ1v) is 9.34. The van der Waals surface area contributed by atoms with Crippen LogP contribution >= 0.6 is 0 Å². The summed E-state index contributed by atoms with van der Waals surface area (Å²) in [7, 11) is 1.64. The van der Waals surface area contributed by atoms with Crippen molar-refractivity contribution in [3.05, 3.63) is 71.7 Å². The molecule has 7 heteroatoms. The van der Waals surface area contributed by atoms with Crippen molar-refractivity contribution in [2.45, 2.75) is 20.4 Å². The van der Waals surface area contributed by atoms with Crippen LogP contribution in [0.3, 0.4) is 0 Å². The van der Waals surface area contributed by atoms with Crippen LogP contribution in [0.4, 0.5) is 11.5 Å². The summed E-state index contributed by atoms with van der Waals surface area (Å²) in [6.45, 7) is 4.73. The van der Waals surface area contributed by atoms with Gasteiger partial charge in [0.05, 0.1) is 19.4 Å². The van der Waals surface area contributed by atoms with Crippen LogP contribution < -0.4 is 20.1 Å². The molecule has 0 bridgehead atoms. The van der Waals surface area contributed by atoms with Crippen LogP contribution in [0.5, 0.6) is 11.5 Å². The molecule has 0 radical (unpaired) electrons. The molecule has 3 rings (SSSR count). The van der Waals surface area contributed by atoms with E-state index in [1.54, 1.807) is 26.2 Å². The molecule has 0 spiro atoms. The SMILES string of the molecule is CCOc1ccccc1NC(=O)c1cc(NCc2ccc(OC)cc2)nc(C)n1. The van der Waals surface area contributed by atoms with Crippen molar-refractivity contribution in [2.75, 3.05) is 24.4 Å². The molecule has 1 amide bonds. The van der Waals surface area contributed by atoms with Crippen molar-refractivity contribution >= 4 is 17.4 Å². The highest BCUT2D eigenvalue weighted by molar-refractivity contribution is 6.04. The number of nitrogens with zero attached hydrogens (tertiary/aromatic N) is 2. The van der Waals surface area contributed by atoms with Crippen molar-refractivity contribution in [3.63, 3.8) is 0 Å². The lowest BCUT2D eigenvalue weighted by atomic mass is 10.2. The van der Waals surface area contributed by atoms with E-state index >= 15 is 0 Å². The zero-order valence-corrected chi connectivity index (χ0v) is 16.7. The Morgan fingerprint density at radius 1 is 1.07 bits per heavy atom. The number of carbonyl (C=O) groups is 1. The second-order valence-corrected chi connectivity index (χ2v) is 6.27. The topological polar surface area (TPSA) is 85.4 Å². The zero-order chi connectivity index (χ0) is 20.6. The molecule has 150 valence electrons. The van der Waals surface area contributed by atoms with Crippen LogP contribution in [-0.2, 0) is 6.54 Å². The van der Waals surface area contributed by atoms with Gasteiger partial charge in [0, 0.05) is 12.6 Å².